The highest BCUT2D eigenvalue weighted by molar-refractivity contribution is 9.10. The number of aryl methyl sites for hydroxylation is 1. The van der Waals surface area contributed by atoms with E-state index >= 15 is 0 Å². The van der Waals surface area contributed by atoms with Crippen molar-refractivity contribution in [1.82, 2.24) is 0 Å². The Morgan fingerprint density at radius 1 is 1.50 bits per heavy atom. The van der Waals surface area contributed by atoms with Crippen LogP contribution in [0.3, 0.4) is 0 Å². The van der Waals surface area contributed by atoms with Crippen LogP contribution in [0.2, 0.25) is 5.02 Å². The second-order valence-corrected chi connectivity index (χ2v) is 4.01. The van der Waals surface area contributed by atoms with Crippen LogP contribution in [-0.2, 0) is 0 Å². The molecule has 0 nitrogen and oxygen atoms in total. The molecule has 0 fully saturated rings. The summed E-state index contributed by atoms with van der Waals surface area (Å²) in [5.74, 6) is 0. The Kier molecular flexibility index (Phi) is 2.74. The SMILES string of the molecule is Cc1cc(Br)c(Cl)cc1P. The molecular formula is C7H7BrClP. The third-order valence-electron chi connectivity index (χ3n) is 1.31. The lowest BCUT2D eigenvalue weighted by atomic mass is 10.2. The normalized spacial score (nSPS) is 10.0. The Balaban J connectivity index is 3.28. The molecular weight excluding hydrogens is 230 g/mol. The fraction of sp³-hybridized carbons (Fsp3) is 0.143. The fourth-order valence-electron chi connectivity index (χ4n) is 0.662. The summed E-state index contributed by atoms with van der Waals surface area (Å²) in [5.41, 5.74) is 1.22. The molecule has 0 amide bonds. The standard InChI is InChI=1S/C7H7BrClP/c1-4-2-5(8)6(9)3-7(4)10/h2-3H,10H2,1H3. The largest absolute Gasteiger partial charge is 0.105 e. The Morgan fingerprint density at radius 3 is 2.60 bits per heavy atom. The van der Waals surface area contributed by atoms with Gasteiger partial charge in [0.15, 0.2) is 0 Å². The highest BCUT2D eigenvalue weighted by Crippen LogP contribution is 2.22. The van der Waals surface area contributed by atoms with E-state index in [1.807, 2.05) is 19.1 Å². The summed E-state index contributed by atoms with van der Waals surface area (Å²) in [6, 6.07) is 3.93. The van der Waals surface area contributed by atoms with Crippen LogP contribution in [0.5, 0.6) is 0 Å². The molecule has 1 aromatic carbocycles. The molecule has 3 heteroatoms. The maximum absolute atomic E-state index is 5.83. The minimum Gasteiger partial charge on any atom is -0.105 e. The van der Waals surface area contributed by atoms with E-state index in [4.69, 9.17) is 11.6 Å². The highest BCUT2D eigenvalue weighted by atomic mass is 79.9. The lowest BCUT2D eigenvalue weighted by Crippen LogP contribution is -1.95. The molecule has 0 heterocycles. The Bertz CT molecular complexity index is 210. The van der Waals surface area contributed by atoms with Crippen molar-refractivity contribution in [2.75, 3.05) is 0 Å². The number of hydrogen-bond acceptors (Lipinski definition) is 0. The summed E-state index contributed by atoms with van der Waals surface area (Å²) in [6.45, 7) is 2.05. The van der Waals surface area contributed by atoms with Crippen LogP contribution in [0.4, 0.5) is 0 Å². The van der Waals surface area contributed by atoms with Crippen molar-refractivity contribution in [3.05, 3.63) is 27.2 Å². The van der Waals surface area contributed by atoms with E-state index in [-0.39, 0.29) is 0 Å². The smallest absolute Gasteiger partial charge is 0.0554 e. The molecule has 0 aliphatic heterocycles. The van der Waals surface area contributed by atoms with Crippen LogP contribution >= 0.6 is 36.8 Å². The molecule has 0 aliphatic rings. The van der Waals surface area contributed by atoms with Crippen molar-refractivity contribution >= 4 is 42.1 Å². The first-order chi connectivity index (χ1) is 4.61. The zero-order valence-electron chi connectivity index (χ0n) is 5.49. The third-order valence-corrected chi connectivity index (χ3v) is 3.13. The van der Waals surface area contributed by atoms with Crippen molar-refractivity contribution < 1.29 is 0 Å². The second kappa shape index (κ2) is 3.21. The summed E-state index contributed by atoms with van der Waals surface area (Å²) >= 11 is 9.16. The molecule has 1 atom stereocenters. The maximum atomic E-state index is 5.83. The molecule has 0 N–H and O–H groups in total. The van der Waals surface area contributed by atoms with E-state index < -0.39 is 0 Å². The quantitative estimate of drug-likeness (QED) is 0.609. The molecule has 1 unspecified atom stereocenters. The number of halogens is 2. The summed E-state index contributed by atoms with van der Waals surface area (Å²) in [5, 5.41) is 1.91. The third kappa shape index (κ3) is 1.72. The van der Waals surface area contributed by atoms with Crippen LogP contribution in [0.15, 0.2) is 16.6 Å². The van der Waals surface area contributed by atoms with Gasteiger partial charge < -0.3 is 0 Å². The average Bonchev–Trinajstić information content (AvgIpc) is 1.84. The minimum absolute atomic E-state index is 0.760. The molecule has 0 aromatic heterocycles. The maximum Gasteiger partial charge on any atom is 0.0554 e. The van der Waals surface area contributed by atoms with E-state index in [0.717, 1.165) is 14.8 Å². The van der Waals surface area contributed by atoms with Crippen molar-refractivity contribution in [3.63, 3.8) is 0 Å². The van der Waals surface area contributed by atoms with E-state index in [2.05, 4.69) is 25.2 Å². The first-order valence-electron chi connectivity index (χ1n) is 2.82. The van der Waals surface area contributed by atoms with Gasteiger partial charge in [0, 0.05) is 4.47 Å². The Hall–Kier alpha value is 0.420. The van der Waals surface area contributed by atoms with Crippen molar-refractivity contribution in [3.8, 4) is 0 Å². The predicted octanol–water partition coefficient (Wildman–Crippen LogP) is 2.91. The van der Waals surface area contributed by atoms with Crippen LogP contribution in [-0.4, -0.2) is 0 Å². The molecule has 1 rings (SSSR count). The molecule has 54 valence electrons. The van der Waals surface area contributed by atoms with E-state index in [1.165, 1.54) is 5.56 Å². The molecule has 1 aromatic rings. The number of hydrogen-bond donors (Lipinski definition) is 0. The number of benzene rings is 1. The van der Waals surface area contributed by atoms with Gasteiger partial charge in [-0.2, -0.15) is 0 Å². The average molecular weight is 237 g/mol. The zero-order valence-corrected chi connectivity index (χ0v) is 8.98. The summed E-state index contributed by atoms with van der Waals surface area (Å²) in [6.07, 6.45) is 0. The molecule has 10 heavy (non-hydrogen) atoms. The van der Waals surface area contributed by atoms with Gasteiger partial charge in [0.1, 0.15) is 0 Å². The van der Waals surface area contributed by atoms with Gasteiger partial charge in [-0.05, 0) is 45.9 Å². The summed E-state index contributed by atoms with van der Waals surface area (Å²) in [7, 11) is 2.64. The van der Waals surface area contributed by atoms with Crippen LogP contribution < -0.4 is 5.30 Å². The monoisotopic (exact) mass is 236 g/mol. The second-order valence-electron chi connectivity index (χ2n) is 2.12. The summed E-state index contributed by atoms with van der Waals surface area (Å²) in [4.78, 5) is 0. The lowest BCUT2D eigenvalue weighted by Gasteiger charge is -2.01. The van der Waals surface area contributed by atoms with Crippen molar-refractivity contribution in [1.29, 1.82) is 0 Å². The van der Waals surface area contributed by atoms with Gasteiger partial charge in [-0.15, -0.1) is 9.24 Å². The van der Waals surface area contributed by atoms with Crippen LogP contribution in [0.25, 0.3) is 0 Å². The molecule has 0 spiro atoms. The topological polar surface area (TPSA) is 0 Å². The van der Waals surface area contributed by atoms with Crippen LogP contribution in [0, 0.1) is 6.92 Å². The van der Waals surface area contributed by atoms with Gasteiger partial charge in [-0.3, -0.25) is 0 Å². The van der Waals surface area contributed by atoms with Gasteiger partial charge in [-0.25, -0.2) is 0 Å². The van der Waals surface area contributed by atoms with Crippen molar-refractivity contribution in [2.24, 2.45) is 0 Å². The van der Waals surface area contributed by atoms with Gasteiger partial charge in [0.2, 0.25) is 0 Å². The number of rotatable bonds is 0. The van der Waals surface area contributed by atoms with E-state index in [0.29, 0.717) is 0 Å². The zero-order chi connectivity index (χ0) is 7.72. The Labute approximate surface area is 76.3 Å². The molecule has 0 saturated carbocycles. The van der Waals surface area contributed by atoms with Gasteiger partial charge in [-0.1, -0.05) is 11.6 Å². The predicted molar refractivity (Wildman–Crippen MR) is 53.2 cm³/mol. The first-order valence-corrected chi connectivity index (χ1v) is 4.57. The lowest BCUT2D eigenvalue weighted by molar-refractivity contribution is 1.50. The minimum atomic E-state index is 0.760. The molecule has 0 saturated heterocycles. The molecule has 0 bridgehead atoms. The highest BCUT2D eigenvalue weighted by Gasteiger charge is 1.98. The van der Waals surface area contributed by atoms with Gasteiger partial charge >= 0.3 is 0 Å². The van der Waals surface area contributed by atoms with E-state index in [1.54, 1.807) is 0 Å². The molecule has 0 aliphatic carbocycles. The summed E-state index contributed by atoms with van der Waals surface area (Å²) < 4.78 is 0.956. The van der Waals surface area contributed by atoms with Gasteiger partial charge in [0.25, 0.3) is 0 Å². The Morgan fingerprint density at radius 2 is 2.10 bits per heavy atom. The van der Waals surface area contributed by atoms with Crippen molar-refractivity contribution in [2.45, 2.75) is 6.92 Å². The van der Waals surface area contributed by atoms with Gasteiger partial charge in [0.05, 0.1) is 5.02 Å². The first kappa shape index (κ1) is 8.52. The van der Waals surface area contributed by atoms with E-state index in [9.17, 15) is 0 Å². The van der Waals surface area contributed by atoms with Crippen LogP contribution in [0.1, 0.15) is 5.56 Å². The molecule has 0 radical (unpaired) electrons. The fourth-order valence-corrected chi connectivity index (χ4v) is 1.65.